The number of ether oxygens (including phenoxy) is 1. The minimum absolute atomic E-state index is 0.181. The molecule has 17 heavy (non-hydrogen) atoms. The maximum Gasteiger partial charge on any atom is 0.573 e. The third-order valence-electron chi connectivity index (χ3n) is 1.96. The van der Waals surface area contributed by atoms with E-state index in [-0.39, 0.29) is 11.8 Å². The fourth-order valence-corrected chi connectivity index (χ4v) is 1.55. The quantitative estimate of drug-likeness (QED) is 0.912. The zero-order chi connectivity index (χ0) is 13.1. The molecule has 0 bridgehead atoms. The molecule has 0 aliphatic rings. The predicted molar refractivity (Wildman–Crippen MR) is 62.8 cm³/mol. The molecular formula is C11H13BrF3NO. The number of hydrogen-bond acceptors (Lipinski definition) is 2. The van der Waals surface area contributed by atoms with Crippen LogP contribution in [0, 0.1) is 0 Å². The van der Waals surface area contributed by atoms with E-state index in [4.69, 9.17) is 0 Å². The lowest BCUT2D eigenvalue weighted by molar-refractivity contribution is -0.274. The monoisotopic (exact) mass is 311 g/mol. The zero-order valence-electron chi connectivity index (χ0n) is 9.44. The van der Waals surface area contributed by atoms with E-state index in [0.29, 0.717) is 16.6 Å². The smallest absolute Gasteiger partial charge is 0.405 e. The van der Waals surface area contributed by atoms with Crippen molar-refractivity contribution < 1.29 is 17.9 Å². The van der Waals surface area contributed by atoms with Crippen molar-refractivity contribution in [2.75, 3.05) is 0 Å². The first kappa shape index (κ1) is 14.3. The van der Waals surface area contributed by atoms with Crippen LogP contribution in [0.15, 0.2) is 22.7 Å². The Kier molecular flexibility index (Phi) is 4.82. The van der Waals surface area contributed by atoms with Crippen LogP contribution in [-0.2, 0) is 6.54 Å². The van der Waals surface area contributed by atoms with Gasteiger partial charge in [-0.3, -0.25) is 0 Å². The summed E-state index contributed by atoms with van der Waals surface area (Å²) in [4.78, 5) is 0. The van der Waals surface area contributed by atoms with Crippen LogP contribution < -0.4 is 10.1 Å². The lowest BCUT2D eigenvalue weighted by Gasteiger charge is -2.15. The van der Waals surface area contributed by atoms with Crippen molar-refractivity contribution in [1.29, 1.82) is 0 Å². The van der Waals surface area contributed by atoms with Crippen LogP contribution in [0.3, 0.4) is 0 Å². The van der Waals surface area contributed by atoms with E-state index >= 15 is 0 Å². The van der Waals surface area contributed by atoms with Gasteiger partial charge in [0.25, 0.3) is 0 Å². The molecule has 0 spiro atoms. The summed E-state index contributed by atoms with van der Waals surface area (Å²) in [5, 5.41) is 3.04. The molecule has 6 heteroatoms. The lowest BCUT2D eigenvalue weighted by Crippen LogP contribution is -2.23. The van der Waals surface area contributed by atoms with E-state index in [1.807, 2.05) is 13.8 Å². The molecule has 0 fully saturated rings. The van der Waals surface area contributed by atoms with Crippen molar-refractivity contribution in [2.45, 2.75) is 32.8 Å². The maximum atomic E-state index is 12.2. The molecule has 0 saturated carbocycles. The van der Waals surface area contributed by atoms with Gasteiger partial charge in [-0.1, -0.05) is 35.8 Å². The van der Waals surface area contributed by atoms with E-state index in [9.17, 15) is 13.2 Å². The molecule has 0 aromatic heterocycles. The van der Waals surface area contributed by atoms with Gasteiger partial charge in [-0.05, 0) is 12.1 Å². The Morgan fingerprint density at radius 2 is 2.00 bits per heavy atom. The molecule has 1 aromatic rings. The molecule has 2 nitrogen and oxygen atoms in total. The molecule has 1 N–H and O–H groups in total. The van der Waals surface area contributed by atoms with E-state index in [1.54, 1.807) is 12.1 Å². The first-order chi connectivity index (χ1) is 7.78. The van der Waals surface area contributed by atoms with Gasteiger partial charge in [0.15, 0.2) is 0 Å². The summed E-state index contributed by atoms with van der Waals surface area (Å²) in [6.07, 6.45) is -4.67. The fraction of sp³-hybridized carbons (Fsp3) is 0.455. The second-order valence-corrected chi connectivity index (χ2v) is 4.75. The zero-order valence-corrected chi connectivity index (χ0v) is 11.0. The van der Waals surface area contributed by atoms with Gasteiger partial charge in [0.2, 0.25) is 0 Å². The second-order valence-electron chi connectivity index (χ2n) is 3.84. The average Bonchev–Trinajstić information content (AvgIpc) is 2.13. The highest BCUT2D eigenvalue weighted by Crippen LogP contribution is 2.29. The lowest BCUT2D eigenvalue weighted by atomic mass is 10.2. The van der Waals surface area contributed by atoms with Crippen molar-refractivity contribution >= 4 is 15.9 Å². The number of nitrogens with one attached hydrogen (secondary N) is 1. The van der Waals surface area contributed by atoms with Crippen LogP contribution in [0.25, 0.3) is 0 Å². The standard InChI is InChI=1S/C11H13BrF3NO/c1-7(2)16-6-8-3-4-9(12)5-10(8)17-11(13,14)15/h3-5,7,16H,6H2,1-2H3. The number of halogens is 4. The van der Waals surface area contributed by atoms with E-state index in [2.05, 4.69) is 26.0 Å². The third-order valence-corrected chi connectivity index (χ3v) is 2.45. The summed E-state index contributed by atoms with van der Waals surface area (Å²) in [6.45, 7) is 4.17. The molecule has 0 heterocycles. The SMILES string of the molecule is CC(C)NCc1ccc(Br)cc1OC(F)(F)F. The average molecular weight is 312 g/mol. The highest BCUT2D eigenvalue weighted by molar-refractivity contribution is 9.10. The molecule has 0 atom stereocenters. The van der Waals surface area contributed by atoms with Crippen LogP contribution in [0.4, 0.5) is 13.2 Å². The number of benzene rings is 1. The van der Waals surface area contributed by atoms with Crippen LogP contribution in [0.1, 0.15) is 19.4 Å². The summed E-state index contributed by atoms with van der Waals surface area (Å²) < 4.78 is 41.1. The van der Waals surface area contributed by atoms with Gasteiger partial charge in [-0.25, -0.2) is 0 Å². The van der Waals surface area contributed by atoms with Crippen LogP contribution in [0.2, 0.25) is 0 Å². The summed E-state index contributed by atoms with van der Waals surface area (Å²) in [5.41, 5.74) is 0.472. The van der Waals surface area contributed by atoms with Gasteiger partial charge in [0, 0.05) is 22.6 Å². The molecule has 0 aliphatic heterocycles. The van der Waals surface area contributed by atoms with Gasteiger partial charge < -0.3 is 10.1 Å². The van der Waals surface area contributed by atoms with Gasteiger partial charge in [-0.15, -0.1) is 13.2 Å². The molecule has 0 saturated heterocycles. The number of alkyl halides is 3. The third kappa shape index (κ3) is 5.41. The molecular weight excluding hydrogens is 299 g/mol. The molecule has 0 amide bonds. The topological polar surface area (TPSA) is 21.3 Å². The molecule has 0 unspecified atom stereocenters. The highest BCUT2D eigenvalue weighted by Gasteiger charge is 2.32. The Hall–Kier alpha value is -0.750. The Balaban J connectivity index is 2.88. The largest absolute Gasteiger partial charge is 0.573 e. The summed E-state index contributed by atoms with van der Waals surface area (Å²) in [7, 11) is 0. The second kappa shape index (κ2) is 5.73. The van der Waals surface area contributed by atoms with Gasteiger partial charge >= 0.3 is 6.36 Å². The maximum absolute atomic E-state index is 12.2. The first-order valence-corrected chi connectivity index (χ1v) is 5.85. The summed E-state index contributed by atoms with van der Waals surface area (Å²) in [6, 6.07) is 4.78. The minimum atomic E-state index is -4.67. The Bertz CT molecular complexity index is 379. The Labute approximate surface area is 106 Å². The van der Waals surface area contributed by atoms with Crippen molar-refractivity contribution in [3.8, 4) is 5.75 Å². The van der Waals surface area contributed by atoms with Crippen LogP contribution in [0.5, 0.6) is 5.75 Å². The van der Waals surface area contributed by atoms with Gasteiger partial charge in [0.05, 0.1) is 0 Å². The van der Waals surface area contributed by atoms with Gasteiger partial charge in [0.1, 0.15) is 5.75 Å². The van der Waals surface area contributed by atoms with E-state index in [0.717, 1.165) is 0 Å². The van der Waals surface area contributed by atoms with Gasteiger partial charge in [-0.2, -0.15) is 0 Å². The minimum Gasteiger partial charge on any atom is -0.405 e. The molecule has 96 valence electrons. The van der Waals surface area contributed by atoms with E-state index < -0.39 is 6.36 Å². The predicted octanol–water partition coefficient (Wildman–Crippen LogP) is 3.85. The molecule has 0 aliphatic carbocycles. The van der Waals surface area contributed by atoms with Crippen LogP contribution >= 0.6 is 15.9 Å². The van der Waals surface area contributed by atoms with Crippen molar-refractivity contribution in [3.05, 3.63) is 28.2 Å². The summed E-state index contributed by atoms with van der Waals surface area (Å²) >= 11 is 3.12. The van der Waals surface area contributed by atoms with Crippen molar-refractivity contribution in [2.24, 2.45) is 0 Å². The van der Waals surface area contributed by atoms with Crippen molar-refractivity contribution in [1.82, 2.24) is 5.32 Å². The molecule has 1 rings (SSSR count). The normalized spacial score (nSPS) is 11.9. The van der Waals surface area contributed by atoms with Crippen molar-refractivity contribution in [3.63, 3.8) is 0 Å². The Morgan fingerprint density at radius 1 is 1.35 bits per heavy atom. The molecule has 1 aromatic carbocycles. The number of rotatable bonds is 4. The number of hydrogen-bond donors (Lipinski definition) is 1. The van der Waals surface area contributed by atoms with Crippen LogP contribution in [-0.4, -0.2) is 12.4 Å². The molecule has 0 radical (unpaired) electrons. The van der Waals surface area contributed by atoms with E-state index in [1.165, 1.54) is 6.07 Å². The fourth-order valence-electron chi connectivity index (χ4n) is 1.21. The summed E-state index contributed by atoms with van der Waals surface area (Å²) in [5.74, 6) is -0.181. The highest BCUT2D eigenvalue weighted by atomic mass is 79.9. The first-order valence-electron chi connectivity index (χ1n) is 5.05. The Morgan fingerprint density at radius 3 is 2.53 bits per heavy atom.